The first-order chi connectivity index (χ1) is 13.5. The lowest BCUT2D eigenvalue weighted by atomic mass is 10.2. The van der Waals surface area contributed by atoms with Crippen molar-refractivity contribution < 1.29 is 9.59 Å². The second-order valence-electron chi connectivity index (χ2n) is 7.67. The number of carbonyl (C=O) groups excluding carboxylic acids is 2. The summed E-state index contributed by atoms with van der Waals surface area (Å²) in [5.74, 6) is 1.59. The molecule has 7 nitrogen and oxygen atoms in total. The number of aryl methyl sites for hydroxylation is 1. The van der Waals surface area contributed by atoms with E-state index < -0.39 is 0 Å². The zero-order valence-corrected chi connectivity index (χ0v) is 17.0. The van der Waals surface area contributed by atoms with Gasteiger partial charge in [-0.3, -0.25) is 9.59 Å². The predicted molar refractivity (Wildman–Crippen MR) is 108 cm³/mol. The highest BCUT2D eigenvalue weighted by molar-refractivity contribution is 7.99. The molecule has 0 spiro atoms. The number of amides is 2. The molecular formula is C20H25N5O2S. The van der Waals surface area contributed by atoms with Gasteiger partial charge in [-0.25, -0.2) is 0 Å². The van der Waals surface area contributed by atoms with E-state index in [4.69, 9.17) is 0 Å². The van der Waals surface area contributed by atoms with Gasteiger partial charge in [0.25, 0.3) is 0 Å². The van der Waals surface area contributed by atoms with Crippen LogP contribution in [0.5, 0.6) is 0 Å². The number of likely N-dealkylation sites (N-methyl/N-ethyl adjacent to an activating group) is 1. The lowest BCUT2D eigenvalue weighted by Crippen LogP contribution is -2.36. The van der Waals surface area contributed by atoms with Crippen LogP contribution in [0.2, 0.25) is 0 Å². The number of benzene rings is 1. The molecular weight excluding hydrogens is 374 g/mol. The molecule has 2 fully saturated rings. The molecule has 0 atom stereocenters. The molecule has 1 aromatic heterocycles. The molecule has 1 aromatic carbocycles. The third-order valence-corrected chi connectivity index (χ3v) is 5.94. The zero-order valence-electron chi connectivity index (χ0n) is 16.2. The molecule has 1 heterocycles. The van der Waals surface area contributed by atoms with Gasteiger partial charge in [0.05, 0.1) is 12.3 Å². The number of rotatable bonds is 8. The van der Waals surface area contributed by atoms with Crippen LogP contribution in [-0.4, -0.2) is 50.8 Å². The highest BCUT2D eigenvalue weighted by Crippen LogP contribution is 2.45. The summed E-state index contributed by atoms with van der Waals surface area (Å²) in [6, 6.07) is 8.08. The minimum Gasteiger partial charge on any atom is -0.336 e. The van der Waals surface area contributed by atoms with Crippen LogP contribution >= 0.6 is 11.8 Å². The Balaban J connectivity index is 1.29. The molecule has 4 rings (SSSR count). The minimum absolute atomic E-state index is 0.0237. The largest absolute Gasteiger partial charge is 0.336 e. The number of nitrogens with zero attached hydrogens (tertiary/aromatic N) is 4. The Morgan fingerprint density at radius 3 is 2.54 bits per heavy atom. The average Bonchev–Trinajstić information content (AvgIpc) is 3.60. The van der Waals surface area contributed by atoms with Crippen molar-refractivity contribution in [3.8, 4) is 0 Å². The number of anilines is 1. The number of aromatic nitrogens is 3. The zero-order chi connectivity index (χ0) is 19.7. The molecule has 1 N–H and O–H groups in total. The van der Waals surface area contributed by atoms with Crippen LogP contribution in [0.25, 0.3) is 0 Å². The van der Waals surface area contributed by atoms with Gasteiger partial charge in [0, 0.05) is 24.7 Å². The molecule has 0 unspecified atom stereocenters. The van der Waals surface area contributed by atoms with Crippen LogP contribution in [0.15, 0.2) is 29.4 Å². The Morgan fingerprint density at radius 2 is 1.89 bits per heavy atom. The van der Waals surface area contributed by atoms with Crippen molar-refractivity contribution in [2.45, 2.75) is 49.7 Å². The Bertz CT molecular complexity index is 871. The first-order valence-electron chi connectivity index (χ1n) is 9.69. The Morgan fingerprint density at radius 1 is 1.18 bits per heavy atom. The summed E-state index contributed by atoms with van der Waals surface area (Å²) in [6.45, 7) is 2.02. The number of hydrogen-bond donors (Lipinski definition) is 1. The lowest BCUT2D eigenvalue weighted by molar-refractivity contribution is -0.131. The standard InChI is InChI=1S/C20H25N5O2S/c1-13-3-7-15(8-4-13)21-17(26)11-24(2)18(27)12-28-20-23-22-19(14-5-6-14)25(20)16-9-10-16/h3-4,7-8,14,16H,5-6,9-12H2,1-2H3,(H,21,26). The maximum atomic E-state index is 12.5. The second kappa shape index (κ2) is 7.95. The fraction of sp³-hybridized carbons (Fsp3) is 0.500. The molecule has 0 aliphatic heterocycles. The van der Waals surface area contributed by atoms with Gasteiger partial charge in [0.2, 0.25) is 11.8 Å². The van der Waals surface area contributed by atoms with Gasteiger partial charge in [-0.15, -0.1) is 10.2 Å². The van der Waals surface area contributed by atoms with E-state index in [0.717, 1.165) is 22.2 Å². The fourth-order valence-electron chi connectivity index (χ4n) is 3.06. The van der Waals surface area contributed by atoms with Gasteiger partial charge in [0.15, 0.2) is 5.16 Å². The highest BCUT2D eigenvalue weighted by atomic mass is 32.2. The average molecular weight is 400 g/mol. The third kappa shape index (κ3) is 4.55. The van der Waals surface area contributed by atoms with Crippen LogP contribution in [-0.2, 0) is 9.59 Å². The number of thioether (sulfide) groups is 1. The summed E-state index contributed by atoms with van der Waals surface area (Å²) < 4.78 is 2.24. The molecule has 2 saturated carbocycles. The summed E-state index contributed by atoms with van der Waals surface area (Å²) >= 11 is 1.42. The predicted octanol–water partition coefficient (Wildman–Crippen LogP) is 2.99. The first-order valence-corrected chi connectivity index (χ1v) is 10.7. The summed E-state index contributed by atoms with van der Waals surface area (Å²) in [5.41, 5.74) is 1.86. The van der Waals surface area contributed by atoms with Gasteiger partial charge in [-0.1, -0.05) is 29.5 Å². The van der Waals surface area contributed by atoms with E-state index in [2.05, 4.69) is 20.1 Å². The molecule has 2 aliphatic rings. The van der Waals surface area contributed by atoms with Gasteiger partial charge in [-0.2, -0.15) is 0 Å². The summed E-state index contributed by atoms with van der Waals surface area (Å²) in [4.78, 5) is 26.1. The molecule has 148 valence electrons. The van der Waals surface area contributed by atoms with E-state index in [1.54, 1.807) is 7.05 Å². The van der Waals surface area contributed by atoms with Crippen LogP contribution in [0.4, 0.5) is 5.69 Å². The SMILES string of the molecule is Cc1ccc(NC(=O)CN(C)C(=O)CSc2nnc(C3CC3)n2C2CC2)cc1. The van der Waals surface area contributed by atoms with E-state index in [1.807, 2.05) is 31.2 Å². The van der Waals surface area contributed by atoms with Crippen molar-refractivity contribution in [1.29, 1.82) is 0 Å². The maximum Gasteiger partial charge on any atom is 0.243 e. The van der Waals surface area contributed by atoms with E-state index >= 15 is 0 Å². The van der Waals surface area contributed by atoms with Crippen molar-refractivity contribution in [3.63, 3.8) is 0 Å². The molecule has 2 aromatic rings. The van der Waals surface area contributed by atoms with E-state index in [9.17, 15) is 9.59 Å². The van der Waals surface area contributed by atoms with Crippen molar-refractivity contribution in [1.82, 2.24) is 19.7 Å². The molecule has 0 saturated heterocycles. The Hall–Kier alpha value is -2.35. The smallest absolute Gasteiger partial charge is 0.243 e. The fourth-order valence-corrected chi connectivity index (χ4v) is 4.01. The quantitative estimate of drug-likeness (QED) is 0.690. The highest BCUT2D eigenvalue weighted by Gasteiger charge is 2.36. The monoisotopic (exact) mass is 399 g/mol. The third-order valence-electron chi connectivity index (χ3n) is 5.01. The topological polar surface area (TPSA) is 80.1 Å². The van der Waals surface area contributed by atoms with Crippen LogP contribution in [0.1, 0.15) is 49.0 Å². The maximum absolute atomic E-state index is 12.5. The molecule has 0 radical (unpaired) electrons. The molecule has 2 amide bonds. The van der Waals surface area contributed by atoms with Crippen molar-refractivity contribution in [2.24, 2.45) is 0 Å². The van der Waals surface area contributed by atoms with Gasteiger partial charge in [-0.05, 0) is 44.7 Å². The van der Waals surface area contributed by atoms with Gasteiger partial charge < -0.3 is 14.8 Å². The second-order valence-corrected chi connectivity index (χ2v) is 8.61. The molecule has 28 heavy (non-hydrogen) atoms. The van der Waals surface area contributed by atoms with Crippen LogP contribution in [0.3, 0.4) is 0 Å². The Labute approximate surface area is 168 Å². The van der Waals surface area contributed by atoms with Crippen LogP contribution < -0.4 is 5.32 Å². The van der Waals surface area contributed by atoms with Crippen molar-refractivity contribution in [3.05, 3.63) is 35.7 Å². The number of nitrogens with one attached hydrogen (secondary N) is 1. The Kier molecular flexibility index (Phi) is 5.39. The van der Waals surface area contributed by atoms with E-state index in [1.165, 1.54) is 42.3 Å². The van der Waals surface area contributed by atoms with E-state index in [0.29, 0.717) is 12.0 Å². The summed E-state index contributed by atoms with van der Waals surface area (Å²) in [5, 5.41) is 12.3. The summed E-state index contributed by atoms with van der Waals surface area (Å²) in [7, 11) is 1.65. The first kappa shape index (κ1) is 19.0. The molecule has 8 heteroatoms. The van der Waals surface area contributed by atoms with E-state index in [-0.39, 0.29) is 24.1 Å². The number of carbonyl (C=O) groups is 2. The molecule has 2 aliphatic carbocycles. The van der Waals surface area contributed by atoms with Crippen molar-refractivity contribution in [2.75, 3.05) is 24.7 Å². The number of hydrogen-bond acceptors (Lipinski definition) is 5. The van der Waals surface area contributed by atoms with Crippen molar-refractivity contribution >= 4 is 29.3 Å². The van der Waals surface area contributed by atoms with Gasteiger partial charge >= 0.3 is 0 Å². The summed E-state index contributed by atoms with van der Waals surface area (Å²) in [6.07, 6.45) is 4.71. The minimum atomic E-state index is -0.207. The molecule has 0 bridgehead atoms. The normalized spacial score (nSPS) is 16.1. The lowest BCUT2D eigenvalue weighted by Gasteiger charge is -2.17. The van der Waals surface area contributed by atoms with Crippen LogP contribution in [0, 0.1) is 6.92 Å². The van der Waals surface area contributed by atoms with Gasteiger partial charge in [0.1, 0.15) is 5.82 Å².